The van der Waals surface area contributed by atoms with Crippen LogP contribution in [0.1, 0.15) is 31.2 Å². The Morgan fingerprint density at radius 2 is 1.95 bits per heavy atom. The fraction of sp³-hybridized carbons (Fsp3) is 0.600. The Labute approximate surface area is 113 Å². The Morgan fingerprint density at radius 3 is 2.68 bits per heavy atom. The predicted octanol–water partition coefficient (Wildman–Crippen LogP) is 2.64. The van der Waals surface area contributed by atoms with Gasteiger partial charge in [-0.05, 0) is 30.5 Å². The molecule has 3 rings (SSSR count). The minimum Gasteiger partial charge on any atom is -0.490 e. The summed E-state index contributed by atoms with van der Waals surface area (Å²) >= 11 is 0. The van der Waals surface area contributed by atoms with Crippen LogP contribution in [0.2, 0.25) is 0 Å². The number of nitrogens with one attached hydrogen (secondary N) is 1. The first-order valence-corrected chi connectivity index (χ1v) is 7.07. The number of hydrogen-bond donors (Lipinski definition) is 1. The fourth-order valence-corrected chi connectivity index (χ4v) is 2.33. The van der Waals surface area contributed by atoms with Gasteiger partial charge in [0.1, 0.15) is 17.7 Å². The second kappa shape index (κ2) is 5.88. The zero-order valence-corrected chi connectivity index (χ0v) is 11.0. The Kier molecular flexibility index (Phi) is 3.99. The van der Waals surface area contributed by atoms with Crippen molar-refractivity contribution in [2.24, 2.45) is 0 Å². The summed E-state index contributed by atoms with van der Waals surface area (Å²) in [6.07, 6.45) is 4.39. The van der Waals surface area contributed by atoms with Gasteiger partial charge in [-0.15, -0.1) is 0 Å². The van der Waals surface area contributed by atoms with Gasteiger partial charge in [-0.2, -0.15) is 0 Å². The SMILES string of the molecule is Fc1cc(CNC2CC2)cc(OC2CCOCC2)c1. The number of halogens is 1. The molecule has 1 saturated heterocycles. The summed E-state index contributed by atoms with van der Waals surface area (Å²) in [6.45, 7) is 2.18. The van der Waals surface area contributed by atoms with Gasteiger partial charge < -0.3 is 14.8 Å². The Hall–Kier alpha value is -1.13. The maximum absolute atomic E-state index is 13.6. The molecule has 19 heavy (non-hydrogen) atoms. The molecule has 0 radical (unpaired) electrons. The molecule has 2 aliphatic rings. The van der Waals surface area contributed by atoms with Crippen molar-refractivity contribution >= 4 is 0 Å². The van der Waals surface area contributed by atoms with Crippen molar-refractivity contribution < 1.29 is 13.9 Å². The molecule has 1 N–H and O–H groups in total. The predicted molar refractivity (Wildman–Crippen MR) is 70.7 cm³/mol. The number of rotatable bonds is 5. The maximum Gasteiger partial charge on any atom is 0.127 e. The molecule has 1 saturated carbocycles. The molecule has 0 atom stereocenters. The minimum absolute atomic E-state index is 0.153. The maximum atomic E-state index is 13.6. The number of ether oxygens (including phenoxy) is 2. The molecule has 2 fully saturated rings. The van der Waals surface area contributed by atoms with Crippen LogP contribution in [0.5, 0.6) is 5.75 Å². The largest absolute Gasteiger partial charge is 0.490 e. The normalized spacial score (nSPS) is 20.5. The van der Waals surface area contributed by atoms with Crippen LogP contribution in [0.15, 0.2) is 18.2 Å². The fourth-order valence-electron chi connectivity index (χ4n) is 2.33. The highest BCUT2D eigenvalue weighted by Gasteiger charge is 2.20. The van der Waals surface area contributed by atoms with Gasteiger partial charge in [-0.3, -0.25) is 0 Å². The van der Waals surface area contributed by atoms with E-state index in [2.05, 4.69) is 5.32 Å². The zero-order chi connectivity index (χ0) is 13.1. The molecule has 1 aromatic rings. The van der Waals surface area contributed by atoms with Crippen LogP contribution in [-0.4, -0.2) is 25.4 Å². The van der Waals surface area contributed by atoms with Gasteiger partial charge in [0.2, 0.25) is 0 Å². The number of hydrogen-bond acceptors (Lipinski definition) is 3. The van der Waals surface area contributed by atoms with Crippen LogP contribution in [-0.2, 0) is 11.3 Å². The topological polar surface area (TPSA) is 30.5 Å². The molecule has 4 heteroatoms. The van der Waals surface area contributed by atoms with Crippen LogP contribution >= 0.6 is 0 Å². The van der Waals surface area contributed by atoms with Crippen molar-refractivity contribution in [3.63, 3.8) is 0 Å². The average Bonchev–Trinajstić information content (AvgIpc) is 3.21. The van der Waals surface area contributed by atoms with Gasteiger partial charge in [0.05, 0.1) is 13.2 Å². The lowest BCUT2D eigenvalue weighted by molar-refractivity contribution is 0.0254. The molecule has 0 unspecified atom stereocenters. The van der Waals surface area contributed by atoms with Crippen LogP contribution in [0.25, 0.3) is 0 Å². The molecule has 1 aliphatic carbocycles. The summed E-state index contributed by atoms with van der Waals surface area (Å²) < 4.78 is 24.7. The molecule has 1 heterocycles. The van der Waals surface area contributed by atoms with E-state index in [4.69, 9.17) is 9.47 Å². The van der Waals surface area contributed by atoms with Gasteiger partial charge >= 0.3 is 0 Å². The first-order valence-electron chi connectivity index (χ1n) is 7.07. The quantitative estimate of drug-likeness (QED) is 0.887. The Bertz CT molecular complexity index is 428. The summed E-state index contributed by atoms with van der Waals surface area (Å²) in [4.78, 5) is 0. The van der Waals surface area contributed by atoms with Crippen LogP contribution in [0.4, 0.5) is 4.39 Å². The summed E-state index contributed by atoms with van der Waals surface area (Å²) in [6, 6.07) is 5.61. The van der Waals surface area contributed by atoms with Crippen molar-refractivity contribution in [3.8, 4) is 5.75 Å². The van der Waals surface area contributed by atoms with E-state index in [0.29, 0.717) is 18.3 Å². The molecule has 0 spiro atoms. The van der Waals surface area contributed by atoms with Crippen molar-refractivity contribution in [1.82, 2.24) is 5.32 Å². The van der Waals surface area contributed by atoms with Gasteiger partial charge in [0.15, 0.2) is 0 Å². The Balaban J connectivity index is 1.62. The van der Waals surface area contributed by atoms with E-state index < -0.39 is 0 Å². The second-order valence-electron chi connectivity index (χ2n) is 5.38. The van der Waals surface area contributed by atoms with Gasteiger partial charge in [-0.1, -0.05) is 0 Å². The van der Waals surface area contributed by atoms with Crippen molar-refractivity contribution in [2.45, 2.75) is 44.4 Å². The van der Waals surface area contributed by atoms with Crippen LogP contribution in [0.3, 0.4) is 0 Å². The lowest BCUT2D eigenvalue weighted by Crippen LogP contribution is -2.26. The first-order chi connectivity index (χ1) is 9.29. The Morgan fingerprint density at radius 1 is 1.16 bits per heavy atom. The average molecular weight is 265 g/mol. The summed E-state index contributed by atoms with van der Waals surface area (Å²) in [7, 11) is 0. The van der Waals surface area contributed by atoms with Crippen molar-refractivity contribution in [1.29, 1.82) is 0 Å². The van der Waals surface area contributed by atoms with Gasteiger partial charge in [-0.25, -0.2) is 4.39 Å². The van der Waals surface area contributed by atoms with E-state index in [1.165, 1.54) is 18.9 Å². The lowest BCUT2D eigenvalue weighted by atomic mass is 10.1. The highest BCUT2D eigenvalue weighted by molar-refractivity contribution is 5.30. The van der Waals surface area contributed by atoms with Crippen molar-refractivity contribution in [2.75, 3.05) is 13.2 Å². The summed E-state index contributed by atoms with van der Waals surface area (Å²) in [5.41, 5.74) is 0.953. The van der Waals surface area contributed by atoms with E-state index in [1.54, 1.807) is 6.07 Å². The van der Waals surface area contributed by atoms with Crippen LogP contribution < -0.4 is 10.1 Å². The molecule has 0 aromatic heterocycles. The molecule has 3 nitrogen and oxygen atoms in total. The van der Waals surface area contributed by atoms with E-state index in [-0.39, 0.29) is 11.9 Å². The third-order valence-corrected chi connectivity index (χ3v) is 3.57. The summed E-state index contributed by atoms with van der Waals surface area (Å²) in [5, 5.41) is 3.39. The molecule has 104 valence electrons. The molecular weight excluding hydrogens is 245 g/mol. The van der Waals surface area contributed by atoms with Gasteiger partial charge in [0.25, 0.3) is 0 Å². The van der Waals surface area contributed by atoms with Crippen molar-refractivity contribution in [3.05, 3.63) is 29.6 Å². The molecule has 1 aliphatic heterocycles. The molecule has 0 bridgehead atoms. The third kappa shape index (κ3) is 3.91. The molecular formula is C15H20FNO2. The van der Waals surface area contributed by atoms with E-state index >= 15 is 0 Å². The molecule has 0 amide bonds. The van der Waals surface area contributed by atoms with E-state index in [1.807, 2.05) is 6.07 Å². The lowest BCUT2D eigenvalue weighted by Gasteiger charge is -2.23. The van der Waals surface area contributed by atoms with Gasteiger partial charge in [0, 0.05) is 31.5 Å². The monoisotopic (exact) mass is 265 g/mol. The van der Waals surface area contributed by atoms with E-state index in [0.717, 1.165) is 31.6 Å². The summed E-state index contributed by atoms with van der Waals surface area (Å²) in [5.74, 6) is 0.414. The highest BCUT2D eigenvalue weighted by atomic mass is 19.1. The van der Waals surface area contributed by atoms with Crippen LogP contribution in [0, 0.1) is 5.82 Å². The standard InChI is InChI=1S/C15H20FNO2/c16-12-7-11(10-17-13-1-2-13)8-15(9-12)19-14-3-5-18-6-4-14/h7-9,13-14,17H,1-6,10H2. The minimum atomic E-state index is -0.225. The highest BCUT2D eigenvalue weighted by Crippen LogP contribution is 2.23. The second-order valence-corrected chi connectivity index (χ2v) is 5.38. The first kappa shape index (κ1) is 12.9. The van der Waals surface area contributed by atoms with E-state index in [9.17, 15) is 4.39 Å². The number of benzene rings is 1. The molecule has 1 aromatic carbocycles. The zero-order valence-electron chi connectivity index (χ0n) is 11.0. The smallest absolute Gasteiger partial charge is 0.127 e. The third-order valence-electron chi connectivity index (χ3n) is 3.57.